The number of aromatic hydroxyl groups is 1. The molecule has 0 atom stereocenters. The van der Waals surface area contributed by atoms with Crippen LogP contribution in [0.1, 0.15) is 38.3 Å². The molecule has 0 bridgehead atoms. The molecule has 0 heterocycles. The maximum atomic E-state index is 12.4. The fraction of sp³-hybridized carbons (Fsp3) is 0.240. The van der Waals surface area contributed by atoms with Crippen molar-refractivity contribution in [1.29, 1.82) is 0 Å². The summed E-state index contributed by atoms with van der Waals surface area (Å²) < 4.78 is 0. The number of rotatable bonds is 5. The first kappa shape index (κ1) is 19.7. The van der Waals surface area contributed by atoms with E-state index in [1.165, 1.54) is 11.1 Å². The van der Waals surface area contributed by atoms with Gasteiger partial charge in [-0.25, -0.2) is 0 Å². The lowest BCUT2D eigenvalue weighted by atomic mass is 9.86. The van der Waals surface area contributed by atoms with E-state index in [0.717, 1.165) is 16.8 Å². The average molecular weight is 373 g/mol. The van der Waals surface area contributed by atoms with Gasteiger partial charge in [0.15, 0.2) is 0 Å². The molecule has 0 saturated carbocycles. The highest BCUT2D eigenvalue weighted by Gasteiger charge is 2.13. The summed E-state index contributed by atoms with van der Waals surface area (Å²) in [5, 5.41) is 12.4. The topological polar surface area (TPSA) is 49.3 Å². The van der Waals surface area contributed by atoms with Gasteiger partial charge in [-0.1, -0.05) is 69.3 Å². The van der Waals surface area contributed by atoms with Crippen molar-refractivity contribution in [3.05, 3.63) is 83.9 Å². The summed E-state index contributed by atoms with van der Waals surface area (Å²) in [5.74, 6) is 0.242. The van der Waals surface area contributed by atoms with Crippen molar-refractivity contribution in [3.8, 4) is 16.9 Å². The monoisotopic (exact) mass is 373 g/mol. The molecule has 3 rings (SSSR count). The molecule has 0 radical (unpaired) electrons. The maximum absolute atomic E-state index is 12.4. The third kappa shape index (κ3) is 5.23. The Balaban J connectivity index is 1.59. The number of carbonyl (C=O) groups excluding carboxylic acids is 1. The van der Waals surface area contributed by atoms with Crippen molar-refractivity contribution < 1.29 is 9.90 Å². The van der Waals surface area contributed by atoms with Crippen LogP contribution in [0.3, 0.4) is 0 Å². The molecule has 0 unspecified atom stereocenters. The summed E-state index contributed by atoms with van der Waals surface area (Å²) in [4.78, 5) is 12.4. The van der Waals surface area contributed by atoms with Gasteiger partial charge in [0.25, 0.3) is 0 Å². The van der Waals surface area contributed by atoms with Gasteiger partial charge in [0.05, 0.1) is 0 Å². The Kier molecular flexibility index (Phi) is 5.84. The van der Waals surface area contributed by atoms with Crippen molar-refractivity contribution in [3.63, 3.8) is 0 Å². The quantitative estimate of drug-likeness (QED) is 0.582. The molecule has 28 heavy (non-hydrogen) atoms. The van der Waals surface area contributed by atoms with E-state index in [4.69, 9.17) is 0 Å². The predicted molar refractivity (Wildman–Crippen MR) is 116 cm³/mol. The third-order valence-corrected chi connectivity index (χ3v) is 4.81. The molecule has 3 heteroatoms. The molecule has 0 aliphatic carbocycles. The molecule has 0 spiro atoms. The first-order valence-corrected chi connectivity index (χ1v) is 9.60. The number of carbonyl (C=O) groups is 1. The zero-order valence-corrected chi connectivity index (χ0v) is 16.7. The van der Waals surface area contributed by atoms with E-state index in [1.54, 1.807) is 12.1 Å². The van der Waals surface area contributed by atoms with E-state index in [1.807, 2.05) is 36.4 Å². The van der Waals surface area contributed by atoms with Crippen LogP contribution in [0.4, 0.5) is 5.69 Å². The summed E-state index contributed by atoms with van der Waals surface area (Å²) in [7, 11) is 0. The molecule has 1 amide bonds. The number of hydrogen-bond acceptors (Lipinski definition) is 2. The number of phenolic OH excluding ortho intramolecular Hbond substituents is 1. The van der Waals surface area contributed by atoms with Crippen LogP contribution in [0.2, 0.25) is 0 Å². The van der Waals surface area contributed by atoms with Crippen LogP contribution in [0.5, 0.6) is 5.75 Å². The SMILES string of the molecule is CC(C)(C)c1ccc(CCC(=O)Nc2cccc(-c3ccc(O)cc3)c2)cc1. The van der Waals surface area contributed by atoms with Gasteiger partial charge >= 0.3 is 0 Å². The minimum Gasteiger partial charge on any atom is -0.508 e. The van der Waals surface area contributed by atoms with Crippen molar-refractivity contribution in [2.45, 2.75) is 39.0 Å². The van der Waals surface area contributed by atoms with Crippen LogP contribution < -0.4 is 5.32 Å². The summed E-state index contributed by atoms with van der Waals surface area (Å²) in [5.41, 5.74) is 5.37. The van der Waals surface area contributed by atoms with E-state index in [-0.39, 0.29) is 17.1 Å². The molecule has 0 aromatic heterocycles. The Labute approximate surface area is 167 Å². The van der Waals surface area contributed by atoms with Gasteiger partial charge in [0.2, 0.25) is 5.91 Å². The number of amides is 1. The van der Waals surface area contributed by atoms with E-state index in [2.05, 4.69) is 50.4 Å². The van der Waals surface area contributed by atoms with Crippen molar-refractivity contribution in [2.75, 3.05) is 5.32 Å². The molecular weight excluding hydrogens is 346 g/mol. The summed E-state index contributed by atoms with van der Waals surface area (Å²) in [6.07, 6.45) is 1.16. The molecule has 0 fully saturated rings. The third-order valence-electron chi connectivity index (χ3n) is 4.81. The smallest absolute Gasteiger partial charge is 0.224 e. The fourth-order valence-electron chi connectivity index (χ4n) is 3.08. The second-order valence-corrected chi connectivity index (χ2v) is 8.12. The highest BCUT2D eigenvalue weighted by atomic mass is 16.3. The largest absolute Gasteiger partial charge is 0.508 e. The first-order valence-electron chi connectivity index (χ1n) is 9.60. The molecular formula is C25H27NO2. The van der Waals surface area contributed by atoms with Crippen LogP contribution in [-0.4, -0.2) is 11.0 Å². The van der Waals surface area contributed by atoms with Crippen molar-refractivity contribution in [2.24, 2.45) is 0 Å². The fourth-order valence-corrected chi connectivity index (χ4v) is 3.08. The molecule has 0 aliphatic heterocycles. The molecule has 3 aromatic rings. The summed E-state index contributed by atoms with van der Waals surface area (Å²) in [6.45, 7) is 6.59. The van der Waals surface area contributed by atoms with Gasteiger partial charge in [-0.05, 0) is 58.4 Å². The lowest BCUT2D eigenvalue weighted by Gasteiger charge is -2.19. The van der Waals surface area contributed by atoms with E-state index in [0.29, 0.717) is 12.8 Å². The van der Waals surface area contributed by atoms with Gasteiger partial charge in [0.1, 0.15) is 5.75 Å². The Morgan fingerprint density at radius 1 is 0.893 bits per heavy atom. The zero-order chi connectivity index (χ0) is 20.1. The Bertz CT molecular complexity index is 936. The Morgan fingerprint density at radius 3 is 2.21 bits per heavy atom. The first-order chi connectivity index (χ1) is 13.3. The minimum atomic E-state index is 0.00255. The maximum Gasteiger partial charge on any atom is 0.224 e. The Hall–Kier alpha value is -3.07. The van der Waals surface area contributed by atoms with Crippen molar-refractivity contribution in [1.82, 2.24) is 0 Å². The average Bonchev–Trinajstić information content (AvgIpc) is 2.67. The normalized spacial score (nSPS) is 11.2. The standard InChI is InChI=1S/C25H27NO2/c1-25(2,3)21-12-7-18(8-13-21)9-16-24(28)26-22-6-4-5-20(17-22)19-10-14-23(27)15-11-19/h4-8,10-15,17,27H,9,16H2,1-3H3,(H,26,28). The number of hydrogen-bond donors (Lipinski definition) is 2. The number of phenols is 1. The lowest BCUT2D eigenvalue weighted by Crippen LogP contribution is -2.13. The predicted octanol–water partition coefficient (Wildman–Crippen LogP) is 5.93. The molecule has 3 nitrogen and oxygen atoms in total. The number of aryl methyl sites for hydroxylation is 1. The molecule has 144 valence electrons. The molecule has 0 aliphatic rings. The lowest BCUT2D eigenvalue weighted by molar-refractivity contribution is -0.116. The zero-order valence-electron chi connectivity index (χ0n) is 16.7. The molecule has 2 N–H and O–H groups in total. The van der Waals surface area contributed by atoms with E-state index < -0.39 is 0 Å². The number of benzene rings is 3. The van der Waals surface area contributed by atoms with Crippen molar-refractivity contribution >= 4 is 11.6 Å². The molecule has 3 aromatic carbocycles. The van der Waals surface area contributed by atoms with Crippen LogP contribution in [0, 0.1) is 0 Å². The highest BCUT2D eigenvalue weighted by molar-refractivity contribution is 5.91. The van der Waals surface area contributed by atoms with Gasteiger partial charge in [-0.3, -0.25) is 4.79 Å². The number of anilines is 1. The van der Waals surface area contributed by atoms with Crippen LogP contribution in [-0.2, 0) is 16.6 Å². The van der Waals surface area contributed by atoms with Crippen LogP contribution >= 0.6 is 0 Å². The van der Waals surface area contributed by atoms with Gasteiger partial charge in [-0.15, -0.1) is 0 Å². The van der Waals surface area contributed by atoms with Crippen LogP contribution in [0.25, 0.3) is 11.1 Å². The van der Waals surface area contributed by atoms with Gasteiger partial charge in [-0.2, -0.15) is 0 Å². The van der Waals surface area contributed by atoms with E-state index in [9.17, 15) is 9.90 Å². The summed E-state index contributed by atoms with van der Waals surface area (Å²) >= 11 is 0. The minimum absolute atomic E-state index is 0.00255. The van der Waals surface area contributed by atoms with E-state index >= 15 is 0 Å². The summed E-state index contributed by atoms with van der Waals surface area (Å²) in [6, 6.07) is 23.3. The van der Waals surface area contributed by atoms with Crippen LogP contribution in [0.15, 0.2) is 72.8 Å². The highest BCUT2D eigenvalue weighted by Crippen LogP contribution is 2.25. The molecule has 0 saturated heterocycles. The Morgan fingerprint density at radius 2 is 1.57 bits per heavy atom. The van der Waals surface area contributed by atoms with Gasteiger partial charge in [0, 0.05) is 12.1 Å². The van der Waals surface area contributed by atoms with Gasteiger partial charge < -0.3 is 10.4 Å². The number of nitrogens with one attached hydrogen (secondary N) is 1. The second kappa shape index (κ2) is 8.30. The second-order valence-electron chi connectivity index (χ2n) is 8.12.